The molecule has 4 heteroatoms. The first-order valence-electron chi connectivity index (χ1n) is 4.66. The Morgan fingerprint density at radius 2 is 2.00 bits per heavy atom. The molecule has 1 N–H and O–H groups in total. The Bertz CT molecular complexity index is 339. The van der Waals surface area contributed by atoms with Crippen LogP contribution in [0.3, 0.4) is 0 Å². The van der Waals surface area contributed by atoms with Crippen molar-refractivity contribution >= 4 is 0 Å². The van der Waals surface area contributed by atoms with Crippen molar-refractivity contribution in [3.05, 3.63) is 23.5 Å². The number of aliphatic hydroxyl groups excluding tert-OH is 1. The van der Waals surface area contributed by atoms with Crippen molar-refractivity contribution in [1.82, 2.24) is 0 Å². The number of rotatable bonds is 4. The van der Waals surface area contributed by atoms with Crippen molar-refractivity contribution in [1.29, 1.82) is 0 Å². The first kappa shape index (κ1) is 11.8. The fraction of sp³-hybridized carbons (Fsp3) is 0.455. The summed E-state index contributed by atoms with van der Waals surface area (Å²) < 4.78 is 23.5. The predicted molar refractivity (Wildman–Crippen MR) is 55.0 cm³/mol. The van der Waals surface area contributed by atoms with Gasteiger partial charge in [0.2, 0.25) is 0 Å². The maximum atomic E-state index is 13.4. The van der Waals surface area contributed by atoms with E-state index < -0.39 is 5.82 Å². The maximum Gasteiger partial charge on any atom is 0.165 e. The largest absolute Gasteiger partial charge is 0.496 e. The Hall–Kier alpha value is -1.29. The van der Waals surface area contributed by atoms with Gasteiger partial charge in [-0.1, -0.05) is 6.92 Å². The molecule has 0 aliphatic rings. The first-order valence-corrected chi connectivity index (χ1v) is 4.66. The average Bonchev–Trinajstić information content (AvgIpc) is 2.27. The van der Waals surface area contributed by atoms with Crippen LogP contribution in [-0.4, -0.2) is 25.9 Å². The molecule has 0 bridgehead atoms. The van der Waals surface area contributed by atoms with Crippen LogP contribution in [0.15, 0.2) is 12.1 Å². The van der Waals surface area contributed by atoms with Crippen molar-refractivity contribution in [2.45, 2.75) is 12.8 Å². The molecule has 1 unspecified atom stereocenters. The van der Waals surface area contributed by atoms with Gasteiger partial charge in [0.25, 0.3) is 0 Å². The molecule has 0 saturated heterocycles. The van der Waals surface area contributed by atoms with E-state index in [1.165, 1.54) is 26.4 Å². The quantitative estimate of drug-likeness (QED) is 0.832. The molecule has 0 fully saturated rings. The van der Waals surface area contributed by atoms with E-state index in [1.807, 2.05) is 0 Å². The molecule has 84 valence electrons. The molecule has 1 rings (SSSR count). The van der Waals surface area contributed by atoms with Crippen LogP contribution in [0.25, 0.3) is 0 Å². The van der Waals surface area contributed by atoms with Crippen LogP contribution in [0.1, 0.15) is 18.4 Å². The summed E-state index contributed by atoms with van der Waals surface area (Å²) in [6, 6.07) is 2.81. The topological polar surface area (TPSA) is 38.7 Å². The smallest absolute Gasteiger partial charge is 0.165 e. The molecule has 15 heavy (non-hydrogen) atoms. The minimum atomic E-state index is -0.450. The molecule has 1 aromatic rings. The molecule has 0 aliphatic heterocycles. The number of aliphatic hydroxyl groups is 1. The summed E-state index contributed by atoms with van der Waals surface area (Å²) in [5, 5.41) is 9.09. The van der Waals surface area contributed by atoms with Crippen LogP contribution in [0.5, 0.6) is 11.5 Å². The zero-order valence-electron chi connectivity index (χ0n) is 9.08. The fourth-order valence-electron chi connectivity index (χ4n) is 1.50. The number of hydrogen-bond donors (Lipinski definition) is 1. The number of halogens is 1. The van der Waals surface area contributed by atoms with Crippen molar-refractivity contribution in [3.63, 3.8) is 0 Å². The standard InChI is InChI=1S/C11H15FO3/c1-7(6-13)10-9(14-2)5-4-8(12)11(10)15-3/h4-5,7,13H,6H2,1-3H3. The molecular weight excluding hydrogens is 199 g/mol. The molecule has 0 radical (unpaired) electrons. The van der Waals surface area contributed by atoms with Crippen LogP contribution in [0.4, 0.5) is 4.39 Å². The number of ether oxygens (including phenoxy) is 2. The lowest BCUT2D eigenvalue weighted by Crippen LogP contribution is -2.06. The summed E-state index contributed by atoms with van der Waals surface area (Å²) in [4.78, 5) is 0. The second-order valence-corrected chi connectivity index (χ2v) is 3.28. The van der Waals surface area contributed by atoms with E-state index in [0.717, 1.165) is 0 Å². The van der Waals surface area contributed by atoms with Crippen molar-refractivity contribution in [3.8, 4) is 11.5 Å². The fourth-order valence-corrected chi connectivity index (χ4v) is 1.50. The number of methoxy groups -OCH3 is 2. The van der Waals surface area contributed by atoms with Gasteiger partial charge in [-0.25, -0.2) is 4.39 Å². The van der Waals surface area contributed by atoms with E-state index in [2.05, 4.69) is 0 Å². The third kappa shape index (κ3) is 2.21. The molecule has 0 aromatic heterocycles. The van der Waals surface area contributed by atoms with Gasteiger partial charge < -0.3 is 14.6 Å². The van der Waals surface area contributed by atoms with Crippen LogP contribution in [0, 0.1) is 5.82 Å². The Morgan fingerprint density at radius 3 is 2.47 bits per heavy atom. The minimum absolute atomic E-state index is 0.0871. The molecule has 0 heterocycles. The van der Waals surface area contributed by atoms with E-state index in [9.17, 15) is 4.39 Å². The van der Waals surface area contributed by atoms with E-state index in [0.29, 0.717) is 11.3 Å². The van der Waals surface area contributed by atoms with Crippen molar-refractivity contribution in [2.75, 3.05) is 20.8 Å². The van der Waals surface area contributed by atoms with E-state index in [-0.39, 0.29) is 18.3 Å². The number of benzene rings is 1. The zero-order chi connectivity index (χ0) is 11.4. The lowest BCUT2D eigenvalue weighted by Gasteiger charge is -2.17. The minimum Gasteiger partial charge on any atom is -0.496 e. The highest BCUT2D eigenvalue weighted by Crippen LogP contribution is 2.36. The summed E-state index contributed by atoms with van der Waals surface area (Å²) in [7, 11) is 2.89. The van der Waals surface area contributed by atoms with Crippen LogP contribution in [-0.2, 0) is 0 Å². The highest BCUT2D eigenvalue weighted by Gasteiger charge is 2.19. The van der Waals surface area contributed by atoms with E-state index in [4.69, 9.17) is 14.6 Å². The second-order valence-electron chi connectivity index (χ2n) is 3.28. The van der Waals surface area contributed by atoms with E-state index >= 15 is 0 Å². The molecule has 1 atom stereocenters. The lowest BCUT2D eigenvalue weighted by molar-refractivity contribution is 0.264. The van der Waals surface area contributed by atoms with Gasteiger partial charge >= 0.3 is 0 Å². The van der Waals surface area contributed by atoms with Crippen LogP contribution < -0.4 is 9.47 Å². The van der Waals surface area contributed by atoms with E-state index in [1.54, 1.807) is 6.92 Å². The van der Waals surface area contributed by atoms with Gasteiger partial charge in [0.05, 0.1) is 14.2 Å². The predicted octanol–water partition coefficient (Wildman–Crippen LogP) is 1.94. The van der Waals surface area contributed by atoms with Gasteiger partial charge in [0.15, 0.2) is 11.6 Å². The molecule has 0 saturated carbocycles. The van der Waals surface area contributed by atoms with Gasteiger partial charge in [-0.05, 0) is 12.1 Å². The monoisotopic (exact) mass is 214 g/mol. The van der Waals surface area contributed by atoms with Gasteiger partial charge in [-0.15, -0.1) is 0 Å². The summed E-state index contributed by atoms with van der Waals surface area (Å²) >= 11 is 0. The third-order valence-electron chi connectivity index (χ3n) is 2.30. The second kappa shape index (κ2) is 4.98. The van der Waals surface area contributed by atoms with Gasteiger partial charge in [0, 0.05) is 18.1 Å². The molecular formula is C11H15FO3. The summed E-state index contributed by atoms with van der Waals surface area (Å²) in [5.41, 5.74) is 0.558. The van der Waals surface area contributed by atoms with Gasteiger partial charge in [-0.2, -0.15) is 0 Å². The van der Waals surface area contributed by atoms with Crippen LogP contribution in [0.2, 0.25) is 0 Å². The molecule has 1 aromatic carbocycles. The maximum absolute atomic E-state index is 13.4. The Balaban J connectivity index is 3.33. The van der Waals surface area contributed by atoms with Gasteiger partial charge in [0.1, 0.15) is 5.75 Å². The Labute approximate surface area is 88.4 Å². The van der Waals surface area contributed by atoms with Crippen molar-refractivity contribution in [2.24, 2.45) is 0 Å². The highest BCUT2D eigenvalue weighted by molar-refractivity contribution is 5.48. The molecule has 0 spiro atoms. The first-order chi connectivity index (χ1) is 7.15. The Kier molecular flexibility index (Phi) is 3.91. The average molecular weight is 214 g/mol. The SMILES string of the molecule is COc1ccc(F)c(OC)c1C(C)CO. The number of hydrogen-bond acceptors (Lipinski definition) is 3. The third-order valence-corrected chi connectivity index (χ3v) is 2.30. The summed E-state index contributed by atoms with van der Waals surface area (Å²) in [6.07, 6.45) is 0. The molecule has 3 nitrogen and oxygen atoms in total. The summed E-state index contributed by atoms with van der Waals surface area (Å²) in [6.45, 7) is 1.69. The summed E-state index contributed by atoms with van der Waals surface area (Å²) in [5.74, 6) is -0.0232. The van der Waals surface area contributed by atoms with Crippen LogP contribution >= 0.6 is 0 Å². The Morgan fingerprint density at radius 1 is 1.33 bits per heavy atom. The zero-order valence-corrected chi connectivity index (χ0v) is 9.08. The molecule has 0 aliphatic carbocycles. The normalized spacial score (nSPS) is 12.3. The van der Waals surface area contributed by atoms with Gasteiger partial charge in [-0.3, -0.25) is 0 Å². The van der Waals surface area contributed by atoms with Crippen molar-refractivity contribution < 1.29 is 19.0 Å². The molecule has 0 amide bonds. The lowest BCUT2D eigenvalue weighted by atomic mass is 9.99. The highest BCUT2D eigenvalue weighted by atomic mass is 19.1.